The summed E-state index contributed by atoms with van der Waals surface area (Å²) < 4.78 is 0. The van der Waals surface area contributed by atoms with E-state index in [2.05, 4.69) is 0 Å². The first kappa shape index (κ1) is 7.09. The molecule has 0 radical (unpaired) electrons. The Morgan fingerprint density at radius 3 is 2.70 bits per heavy atom. The second-order valence-electron chi connectivity index (χ2n) is 2.34. The largest absolute Gasteiger partial charge is 0.399 e. The van der Waals surface area contributed by atoms with Crippen LogP contribution in [0.15, 0.2) is 18.2 Å². The highest BCUT2D eigenvalue weighted by molar-refractivity contribution is 5.43. The summed E-state index contributed by atoms with van der Waals surface area (Å²) in [7, 11) is 0. The van der Waals surface area contributed by atoms with Gasteiger partial charge in [0.15, 0.2) is 0 Å². The van der Waals surface area contributed by atoms with E-state index in [-0.39, 0.29) is 6.61 Å². The molecular formula is C8H11NO. The molecule has 0 aliphatic carbocycles. The maximum absolute atomic E-state index is 8.79. The molecule has 10 heavy (non-hydrogen) atoms. The minimum absolute atomic E-state index is 0.0663. The van der Waals surface area contributed by atoms with Gasteiger partial charge in [-0.25, -0.2) is 0 Å². The van der Waals surface area contributed by atoms with E-state index < -0.39 is 0 Å². The van der Waals surface area contributed by atoms with Gasteiger partial charge in [-0.15, -0.1) is 0 Å². The van der Waals surface area contributed by atoms with Crippen molar-refractivity contribution >= 4 is 5.69 Å². The van der Waals surface area contributed by atoms with Gasteiger partial charge in [-0.05, 0) is 30.2 Å². The average Bonchev–Trinajstić information content (AvgIpc) is 1.94. The Labute approximate surface area is 60.3 Å². The second-order valence-corrected chi connectivity index (χ2v) is 2.34. The number of benzene rings is 1. The number of aryl methyl sites for hydroxylation is 1. The van der Waals surface area contributed by atoms with E-state index in [1.165, 1.54) is 0 Å². The zero-order chi connectivity index (χ0) is 7.56. The predicted molar refractivity (Wildman–Crippen MR) is 41.5 cm³/mol. The quantitative estimate of drug-likeness (QED) is 0.569. The summed E-state index contributed by atoms with van der Waals surface area (Å²) in [4.78, 5) is 0. The van der Waals surface area contributed by atoms with Crippen LogP contribution in [-0.4, -0.2) is 5.11 Å². The fraction of sp³-hybridized carbons (Fsp3) is 0.250. The molecule has 0 atom stereocenters. The van der Waals surface area contributed by atoms with E-state index in [9.17, 15) is 0 Å². The SMILES string of the molecule is Cc1ccc(N)cc1CO. The van der Waals surface area contributed by atoms with Crippen molar-refractivity contribution in [3.8, 4) is 0 Å². The molecular weight excluding hydrogens is 126 g/mol. The summed E-state index contributed by atoms with van der Waals surface area (Å²) in [6, 6.07) is 5.52. The van der Waals surface area contributed by atoms with Crippen LogP contribution in [0.25, 0.3) is 0 Å². The van der Waals surface area contributed by atoms with E-state index in [4.69, 9.17) is 10.8 Å². The lowest BCUT2D eigenvalue weighted by molar-refractivity contribution is 0.281. The molecule has 0 saturated heterocycles. The molecule has 2 heteroatoms. The van der Waals surface area contributed by atoms with Crippen molar-refractivity contribution in [3.05, 3.63) is 29.3 Å². The van der Waals surface area contributed by atoms with Gasteiger partial charge in [-0.1, -0.05) is 6.07 Å². The van der Waals surface area contributed by atoms with Crippen molar-refractivity contribution < 1.29 is 5.11 Å². The van der Waals surface area contributed by atoms with E-state index in [0.717, 1.165) is 11.1 Å². The molecule has 0 aliphatic rings. The van der Waals surface area contributed by atoms with Crippen molar-refractivity contribution in [2.45, 2.75) is 13.5 Å². The van der Waals surface area contributed by atoms with E-state index in [1.807, 2.05) is 19.1 Å². The third-order valence-corrected chi connectivity index (χ3v) is 1.54. The van der Waals surface area contributed by atoms with Crippen LogP contribution in [0, 0.1) is 6.92 Å². The third kappa shape index (κ3) is 1.28. The normalized spacial score (nSPS) is 9.80. The number of hydrogen-bond acceptors (Lipinski definition) is 2. The lowest BCUT2D eigenvalue weighted by atomic mass is 10.1. The van der Waals surface area contributed by atoms with Gasteiger partial charge in [0.25, 0.3) is 0 Å². The molecule has 1 aromatic carbocycles. The van der Waals surface area contributed by atoms with Gasteiger partial charge in [0.1, 0.15) is 0 Å². The van der Waals surface area contributed by atoms with Gasteiger partial charge in [-0.3, -0.25) is 0 Å². The Balaban J connectivity index is 3.09. The van der Waals surface area contributed by atoms with Gasteiger partial charge in [0, 0.05) is 5.69 Å². The van der Waals surface area contributed by atoms with E-state index in [0.29, 0.717) is 5.69 Å². The molecule has 2 nitrogen and oxygen atoms in total. The number of hydrogen-bond donors (Lipinski definition) is 2. The van der Waals surface area contributed by atoms with Crippen molar-refractivity contribution in [2.75, 3.05) is 5.73 Å². The second kappa shape index (κ2) is 2.71. The van der Waals surface area contributed by atoms with Crippen LogP contribution in [0.5, 0.6) is 0 Å². The fourth-order valence-corrected chi connectivity index (χ4v) is 0.862. The highest BCUT2D eigenvalue weighted by atomic mass is 16.3. The zero-order valence-electron chi connectivity index (χ0n) is 5.96. The maximum Gasteiger partial charge on any atom is 0.0685 e. The number of aliphatic hydroxyl groups is 1. The molecule has 1 rings (SSSR count). The van der Waals surface area contributed by atoms with Crippen LogP contribution in [0.4, 0.5) is 5.69 Å². The van der Waals surface area contributed by atoms with Crippen molar-refractivity contribution in [3.63, 3.8) is 0 Å². The molecule has 0 aromatic heterocycles. The van der Waals surface area contributed by atoms with Crippen molar-refractivity contribution in [1.29, 1.82) is 0 Å². The Morgan fingerprint density at radius 1 is 1.50 bits per heavy atom. The minimum Gasteiger partial charge on any atom is -0.399 e. The van der Waals surface area contributed by atoms with E-state index >= 15 is 0 Å². The first-order valence-corrected chi connectivity index (χ1v) is 3.20. The summed E-state index contributed by atoms with van der Waals surface area (Å²) >= 11 is 0. The molecule has 0 spiro atoms. The van der Waals surface area contributed by atoms with Crippen molar-refractivity contribution in [1.82, 2.24) is 0 Å². The van der Waals surface area contributed by atoms with Crippen molar-refractivity contribution in [2.24, 2.45) is 0 Å². The van der Waals surface area contributed by atoms with Crippen LogP contribution < -0.4 is 5.73 Å². The molecule has 0 heterocycles. The molecule has 0 aliphatic heterocycles. The molecule has 0 amide bonds. The van der Waals surface area contributed by atoms with Crippen LogP contribution in [-0.2, 0) is 6.61 Å². The topological polar surface area (TPSA) is 46.2 Å². The fourth-order valence-electron chi connectivity index (χ4n) is 0.862. The number of nitrogen functional groups attached to an aromatic ring is 1. The first-order chi connectivity index (χ1) is 4.74. The van der Waals surface area contributed by atoms with Crippen LogP contribution in [0.1, 0.15) is 11.1 Å². The zero-order valence-corrected chi connectivity index (χ0v) is 5.96. The highest BCUT2D eigenvalue weighted by Crippen LogP contribution is 2.11. The third-order valence-electron chi connectivity index (χ3n) is 1.54. The Bertz CT molecular complexity index is 233. The van der Waals surface area contributed by atoms with E-state index in [1.54, 1.807) is 6.07 Å². The first-order valence-electron chi connectivity index (χ1n) is 3.20. The predicted octanol–water partition coefficient (Wildman–Crippen LogP) is 1.07. The Hall–Kier alpha value is -1.02. The van der Waals surface area contributed by atoms with Gasteiger partial charge < -0.3 is 10.8 Å². The summed E-state index contributed by atoms with van der Waals surface area (Å²) in [5, 5.41) is 8.79. The molecule has 54 valence electrons. The van der Waals surface area contributed by atoms with Gasteiger partial charge in [0.05, 0.1) is 6.61 Å². The molecule has 0 saturated carbocycles. The number of anilines is 1. The van der Waals surface area contributed by atoms with Gasteiger partial charge in [-0.2, -0.15) is 0 Å². The Kier molecular flexibility index (Phi) is 1.92. The number of nitrogens with two attached hydrogens (primary N) is 1. The highest BCUT2D eigenvalue weighted by Gasteiger charge is 1.94. The lowest BCUT2D eigenvalue weighted by Crippen LogP contribution is -1.91. The van der Waals surface area contributed by atoms with Crippen LogP contribution in [0.3, 0.4) is 0 Å². The lowest BCUT2D eigenvalue weighted by Gasteiger charge is -2.01. The summed E-state index contributed by atoms with van der Waals surface area (Å²) in [6.45, 7) is 2.02. The van der Waals surface area contributed by atoms with Gasteiger partial charge in [0.2, 0.25) is 0 Å². The number of rotatable bonds is 1. The van der Waals surface area contributed by atoms with Crippen LogP contribution in [0.2, 0.25) is 0 Å². The monoisotopic (exact) mass is 137 g/mol. The smallest absolute Gasteiger partial charge is 0.0685 e. The summed E-state index contributed by atoms with van der Waals surface area (Å²) in [5.41, 5.74) is 8.18. The maximum atomic E-state index is 8.79. The molecule has 0 bridgehead atoms. The average molecular weight is 137 g/mol. The summed E-state index contributed by atoms with van der Waals surface area (Å²) in [6.07, 6.45) is 0. The standard InChI is InChI=1S/C8H11NO/c1-6-2-3-8(9)4-7(6)5-10/h2-4,10H,5,9H2,1H3. The molecule has 0 fully saturated rings. The number of aliphatic hydroxyl groups excluding tert-OH is 1. The summed E-state index contributed by atoms with van der Waals surface area (Å²) in [5.74, 6) is 0. The molecule has 0 unspecified atom stereocenters. The molecule has 1 aromatic rings. The minimum atomic E-state index is 0.0663. The van der Waals surface area contributed by atoms with Gasteiger partial charge >= 0.3 is 0 Å². The van der Waals surface area contributed by atoms with Crippen LogP contribution >= 0.6 is 0 Å². The Morgan fingerprint density at radius 2 is 2.20 bits per heavy atom. The molecule has 3 N–H and O–H groups in total.